The molecule has 1 atom stereocenters. The van der Waals surface area contributed by atoms with E-state index >= 15 is 0 Å². The van der Waals surface area contributed by atoms with Gasteiger partial charge in [-0.25, -0.2) is 13.4 Å². The third kappa shape index (κ3) is 8.89. The lowest BCUT2D eigenvalue weighted by molar-refractivity contribution is -0.904. The summed E-state index contributed by atoms with van der Waals surface area (Å²) in [6, 6.07) is 16.5. The van der Waals surface area contributed by atoms with Gasteiger partial charge in [0.15, 0.2) is 11.4 Å². The molecule has 4 rings (SSSR count). The molecule has 0 bridgehead atoms. The van der Waals surface area contributed by atoms with Crippen LogP contribution in [0.2, 0.25) is 0 Å². The number of nitrogens with zero attached hydrogens (tertiary/aromatic N) is 2. The SMILES string of the molecule is CNc1ccc(CC[N+](C)(C)Cc2cnc(C(O)(c3ccccc3)C3CCCCC3)o2)c(C)c1.CS(=O)(=O)[O-]. The van der Waals surface area contributed by atoms with Crippen molar-refractivity contribution in [3.8, 4) is 0 Å². The quantitative estimate of drug-likeness (QED) is 0.286. The van der Waals surface area contributed by atoms with Crippen LogP contribution in [0.15, 0.2) is 59.1 Å². The van der Waals surface area contributed by atoms with Crippen LogP contribution in [-0.2, 0) is 28.7 Å². The number of aryl methyl sites for hydroxylation is 1. The molecule has 214 valence electrons. The van der Waals surface area contributed by atoms with Gasteiger partial charge in [0.1, 0.15) is 6.54 Å². The number of aromatic nitrogens is 1. The largest absolute Gasteiger partial charge is 0.748 e. The molecular weight excluding hydrogens is 514 g/mol. The first kappa shape index (κ1) is 30.8. The van der Waals surface area contributed by atoms with Crippen molar-refractivity contribution >= 4 is 15.8 Å². The molecule has 1 aliphatic rings. The van der Waals surface area contributed by atoms with Crippen molar-refractivity contribution < 1.29 is 27.0 Å². The second-order valence-corrected chi connectivity index (χ2v) is 12.7. The molecule has 1 unspecified atom stereocenters. The fourth-order valence-corrected chi connectivity index (χ4v) is 5.36. The van der Waals surface area contributed by atoms with E-state index in [0.29, 0.717) is 12.1 Å². The summed E-state index contributed by atoms with van der Waals surface area (Å²) >= 11 is 0. The molecule has 0 saturated heterocycles. The highest BCUT2D eigenvalue weighted by Crippen LogP contribution is 2.43. The first-order chi connectivity index (χ1) is 18.3. The Kier molecular flexibility index (Phi) is 10.3. The van der Waals surface area contributed by atoms with Crippen molar-refractivity contribution in [1.29, 1.82) is 0 Å². The second kappa shape index (κ2) is 13.1. The summed E-state index contributed by atoms with van der Waals surface area (Å²) in [7, 11) is 2.49. The molecule has 8 nitrogen and oxygen atoms in total. The summed E-state index contributed by atoms with van der Waals surface area (Å²) in [5, 5.41) is 15.3. The van der Waals surface area contributed by atoms with Crippen LogP contribution in [0.3, 0.4) is 0 Å². The molecular formula is C30H43N3O5S. The Hall–Kier alpha value is -2.72. The van der Waals surface area contributed by atoms with Gasteiger partial charge in [0.2, 0.25) is 5.89 Å². The summed E-state index contributed by atoms with van der Waals surface area (Å²) in [4.78, 5) is 4.64. The predicted octanol–water partition coefficient (Wildman–Crippen LogP) is 4.82. The van der Waals surface area contributed by atoms with Gasteiger partial charge < -0.3 is 23.9 Å². The Bertz CT molecular complexity index is 1290. The van der Waals surface area contributed by atoms with Crippen LogP contribution in [0.1, 0.15) is 60.4 Å². The average molecular weight is 558 g/mol. The van der Waals surface area contributed by atoms with Crippen molar-refractivity contribution in [2.75, 3.05) is 39.3 Å². The standard InChI is InChI=1S/C29H40N3O2.CH4O3S/c1-22-19-26(30-2)16-15-23(22)17-18-32(3,4)21-27-20-31-28(34-27)29(33,24-11-7-5-8-12-24)25-13-9-6-10-14-25;1-5(2,3)4/h5,7-8,11-12,15-16,19-20,25,30,33H,6,9-10,13-14,17-18,21H2,1-4H3;1H3,(H,2,3,4)/q+1;/p-1. The highest BCUT2D eigenvalue weighted by atomic mass is 32.2. The minimum atomic E-state index is -3.92. The van der Waals surface area contributed by atoms with Gasteiger partial charge in [0, 0.05) is 31.3 Å². The van der Waals surface area contributed by atoms with Crippen LogP contribution in [-0.4, -0.2) is 61.5 Å². The van der Waals surface area contributed by atoms with E-state index in [4.69, 9.17) is 17.4 Å². The van der Waals surface area contributed by atoms with Crippen LogP contribution < -0.4 is 5.32 Å². The van der Waals surface area contributed by atoms with E-state index in [-0.39, 0.29) is 5.92 Å². The molecule has 0 amide bonds. The molecule has 3 aromatic rings. The minimum absolute atomic E-state index is 0.126. The number of hydrogen-bond donors (Lipinski definition) is 2. The highest BCUT2D eigenvalue weighted by Gasteiger charge is 2.44. The third-order valence-corrected chi connectivity index (χ3v) is 7.49. The van der Waals surface area contributed by atoms with Gasteiger partial charge in [0.25, 0.3) is 0 Å². The normalized spacial score (nSPS) is 16.2. The molecule has 1 aromatic heterocycles. The van der Waals surface area contributed by atoms with E-state index < -0.39 is 15.7 Å². The number of likely N-dealkylation sites (N-methyl/N-ethyl adjacent to an activating group) is 1. The van der Waals surface area contributed by atoms with Crippen molar-refractivity contribution in [3.05, 3.63) is 83.1 Å². The maximum Gasteiger partial charge on any atom is 0.231 e. The number of oxazole rings is 1. The van der Waals surface area contributed by atoms with Crippen molar-refractivity contribution in [1.82, 2.24) is 4.98 Å². The van der Waals surface area contributed by atoms with Gasteiger partial charge in [-0.05, 0) is 48.6 Å². The van der Waals surface area contributed by atoms with Crippen LogP contribution >= 0.6 is 0 Å². The molecule has 2 aromatic carbocycles. The van der Waals surface area contributed by atoms with E-state index in [1.165, 1.54) is 17.5 Å². The summed E-state index contributed by atoms with van der Waals surface area (Å²) in [5.41, 5.74) is 3.54. The zero-order chi connectivity index (χ0) is 28.7. The molecule has 1 saturated carbocycles. The van der Waals surface area contributed by atoms with Crippen molar-refractivity contribution in [2.45, 2.75) is 57.6 Å². The van der Waals surface area contributed by atoms with Gasteiger partial charge in [-0.3, -0.25) is 0 Å². The number of aliphatic hydroxyl groups is 1. The highest BCUT2D eigenvalue weighted by molar-refractivity contribution is 7.84. The number of quaternary nitrogens is 1. The first-order valence-corrected chi connectivity index (χ1v) is 15.4. The smallest absolute Gasteiger partial charge is 0.231 e. The lowest BCUT2D eigenvalue weighted by Gasteiger charge is -2.36. The summed E-state index contributed by atoms with van der Waals surface area (Å²) in [5.74, 6) is 1.40. The molecule has 0 radical (unpaired) electrons. The van der Waals surface area contributed by atoms with Gasteiger partial charge >= 0.3 is 0 Å². The number of rotatable bonds is 9. The fraction of sp³-hybridized carbons (Fsp3) is 0.500. The lowest BCUT2D eigenvalue weighted by atomic mass is 9.73. The van der Waals surface area contributed by atoms with Gasteiger partial charge in [-0.15, -0.1) is 0 Å². The second-order valence-electron chi connectivity index (χ2n) is 11.3. The lowest BCUT2D eigenvalue weighted by Crippen LogP contribution is -2.40. The maximum absolute atomic E-state index is 12.0. The van der Waals surface area contributed by atoms with E-state index in [9.17, 15) is 5.11 Å². The van der Waals surface area contributed by atoms with Crippen LogP contribution in [0.5, 0.6) is 0 Å². The monoisotopic (exact) mass is 557 g/mol. The molecule has 9 heteroatoms. The first-order valence-electron chi connectivity index (χ1n) is 13.5. The van der Waals surface area contributed by atoms with Gasteiger partial charge in [-0.2, -0.15) is 0 Å². The Morgan fingerprint density at radius 1 is 1.13 bits per heavy atom. The Balaban J connectivity index is 0.000000771. The third-order valence-electron chi connectivity index (χ3n) is 7.49. The van der Waals surface area contributed by atoms with Crippen LogP contribution in [0.4, 0.5) is 5.69 Å². The predicted molar refractivity (Wildman–Crippen MR) is 153 cm³/mol. The zero-order valence-electron chi connectivity index (χ0n) is 23.8. The molecule has 1 aliphatic carbocycles. The van der Waals surface area contributed by atoms with Gasteiger partial charge in [-0.1, -0.05) is 55.7 Å². The Labute approximate surface area is 233 Å². The van der Waals surface area contributed by atoms with E-state index in [1.54, 1.807) is 0 Å². The molecule has 1 fully saturated rings. The molecule has 2 N–H and O–H groups in total. The van der Waals surface area contributed by atoms with Crippen LogP contribution in [0.25, 0.3) is 0 Å². The summed E-state index contributed by atoms with van der Waals surface area (Å²) in [6.07, 6.45) is 8.94. The van der Waals surface area contributed by atoms with Crippen molar-refractivity contribution in [3.63, 3.8) is 0 Å². The fourth-order valence-electron chi connectivity index (χ4n) is 5.36. The molecule has 1 heterocycles. The minimum Gasteiger partial charge on any atom is -0.748 e. The van der Waals surface area contributed by atoms with E-state index in [2.05, 4.69) is 49.5 Å². The van der Waals surface area contributed by atoms with Gasteiger partial charge in [0.05, 0.1) is 37.0 Å². The number of hydrogen-bond acceptors (Lipinski definition) is 7. The Morgan fingerprint density at radius 3 is 2.36 bits per heavy atom. The van der Waals surface area contributed by atoms with E-state index in [0.717, 1.165) is 66.7 Å². The zero-order valence-corrected chi connectivity index (χ0v) is 24.6. The number of nitrogens with one attached hydrogen (secondary N) is 1. The van der Waals surface area contributed by atoms with Crippen LogP contribution in [0, 0.1) is 12.8 Å². The van der Waals surface area contributed by atoms with Crippen molar-refractivity contribution in [2.24, 2.45) is 5.92 Å². The topological polar surface area (TPSA) is 115 Å². The average Bonchev–Trinajstić information content (AvgIpc) is 3.35. The summed E-state index contributed by atoms with van der Waals surface area (Å²) < 4.78 is 34.3. The maximum atomic E-state index is 12.0. The van der Waals surface area contributed by atoms with E-state index in [1.807, 2.05) is 43.6 Å². The number of anilines is 1. The molecule has 0 aliphatic heterocycles. The number of benzene rings is 2. The molecule has 0 spiro atoms. The summed E-state index contributed by atoms with van der Waals surface area (Å²) in [6.45, 7) is 3.89. The Morgan fingerprint density at radius 2 is 1.77 bits per heavy atom. The molecule has 39 heavy (non-hydrogen) atoms.